The van der Waals surface area contributed by atoms with Gasteiger partial charge in [0.2, 0.25) is 5.91 Å². The van der Waals surface area contributed by atoms with Gasteiger partial charge in [-0.1, -0.05) is 11.3 Å². The third-order valence-corrected chi connectivity index (χ3v) is 6.03. The number of thiazole rings is 1. The zero-order chi connectivity index (χ0) is 17.1. The van der Waals surface area contributed by atoms with Crippen molar-refractivity contribution in [3.05, 3.63) is 16.2 Å². The Morgan fingerprint density at radius 2 is 2.21 bits per heavy atom. The first-order valence-electron chi connectivity index (χ1n) is 7.97. The number of hydrogen-bond acceptors (Lipinski definition) is 6. The van der Waals surface area contributed by atoms with Crippen molar-refractivity contribution in [3.8, 4) is 0 Å². The summed E-state index contributed by atoms with van der Waals surface area (Å²) in [5.41, 5.74) is 4.84. The number of fused-ring (bicyclic) bond motifs is 1. The lowest BCUT2D eigenvalue weighted by Crippen LogP contribution is -2.40. The van der Waals surface area contributed by atoms with Gasteiger partial charge < -0.3 is 10.6 Å². The summed E-state index contributed by atoms with van der Waals surface area (Å²) in [6, 6.07) is -0.394. The average Bonchev–Trinajstić information content (AvgIpc) is 3.00. The maximum absolute atomic E-state index is 13.4. The molecule has 1 atom stereocenters. The minimum atomic E-state index is -0.615. The number of anilines is 1. The van der Waals surface area contributed by atoms with Gasteiger partial charge in [0.15, 0.2) is 15.5 Å². The maximum Gasteiger partial charge on any atom is 0.280 e. The van der Waals surface area contributed by atoms with Gasteiger partial charge in [-0.15, -0.1) is 0 Å². The highest BCUT2D eigenvalue weighted by atomic mass is 32.1. The summed E-state index contributed by atoms with van der Waals surface area (Å²) in [7, 11) is 1.61. The molecule has 1 amide bonds. The number of halogens is 1. The highest BCUT2D eigenvalue weighted by molar-refractivity contribution is 7.21. The molecule has 128 valence electrons. The van der Waals surface area contributed by atoms with Crippen LogP contribution in [0.4, 0.5) is 9.52 Å². The summed E-state index contributed by atoms with van der Waals surface area (Å²) in [6.45, 7) is 0.162. The molecule has 1 saturated heterocycles. The molecule has 0 radical (unpaired) electrons. The molecule has 2 aliphatic rings. The van der Waals surface area contributed by atoms with Crippen LogP contribution in [0.5, 0.6) is 0 Å². The Bertz CT molecular complexity index is 888. The van der Waals surface area contributed by atoms with Gasteiger partial charge in [0.05, 0.1) is 5.41 Å². The van der Waals surface area contributed by atoms with Gasteiger partial charge in [-0.05, 0) is 25.7 Å². The van der Waals surface area contributed by atoms with Crippen LogP contribution in [0.15, 0.2) is 4.79 Å². The number of carbonyl (C=O) groups excluding carboxylic acids is 1. The first kappa shape index (κ1) is 15.5. The molecule has 0 aromatic carbocycles. The summed E-state index contributed by atoms with van der Waals surface area (Å²) in [5, 5.41) is 0.582. The standard InChI is InChI=1S/C15H18FN5O2S/c1-20-12(23)9-11(19-13(20)15(7-16)4-5-15)24-14(18-9)21-6-2-3-8(21)10(17)22/h8H,2-7H2,1H3,(H2,17,22). The first-order valence-corrected chi connectivity index (χ1v) is 8.78. The topological polar surface area (TPSA) is 94.1 Å². The zero-order valence-corrected chi connectivity index (χ0v) is 14.1. The Hall–Kier alpha value is -2.03. The molecule has 9 heteroatoms. The molecular weight excluding hydrogens is 333 g/mol. The summed E-state index contributed by atoms with van der Waals surface area (Å²) in [4.78, 5) is 35.5. The Morgan fingerprint density at radius 3 is 2.83 bits per heavy atom. The van der Waals surface area contributed by atoms with Crippen molar-refractivity contribution in [2.75, 3.05) is 18.1 Å². The Kier molecular flexibility index (Phi) is 3.38. The van der Waals surface area contributed by atoms with E-state index in [0.717, 1.165) is 6.42 Å². The second-order valence-corrected chi connectivity index (χ2v) is 7.57. The molecule has 1 aliphatic heterocycles. The lowest BCUT2D eigenvalue weighted by Gasteiger charge is -2.20. The molecule has 0 spiro atoms. The van der Waals surface area contributed by atoms with Crippen molar-refractivity contribution in [3.63, 3.8) is 0 Å². The second kappa shape index (κ2) is 5.23. The van der Waals surface area contributed by atoms with Gasteiger partial charge in [0.25, 0.3) is 5.56 Å². The summed E-state index contributed by atoms with van der Waals surface area (Å²) in [5.74, 6) is 0.105. The smallest absolute Gasteiger partial charge is 0.280 e. The fourth-order valence-corrected chi connectivity index (χ4v) is 4.41. The number of rotatable bonds is 4. The second-order valence-electron chi connectivity index (χ2n) is 6.62. The van der Waals surface area contributed by atoms with Crippen LogP contribution in [-0.4, -0.2) is 39.7 Å². The number of alkyl halides is 1. The van der Waals surface area contributed by atoms with Gasteiger partial charge in [0.1, 0.15) is 18.5 Å². The molecule has 1 unspecified atom stereocenters. The van der Waals surface area contributed by atoms with E-state index >= 15 is 0 Å². The van der Waals surface area contributed by atoms with E-state index in [-0.39, 0.29) is 17.0 Å². The van der Waals surface area contributed by atoms with Crippen molar-refractivity contribution < 1.29 is 9.18 Å². The van der Waals surface area contributed by atoms with Crippen molar-refractivity contribution in [1.82, 2.24) is 14.5 Å². The molecule has 1 saturated carbocycles. The number of nitrogens with two attached hydrogens (primary N) is 1. The molecule has 24 heavy (non-hydrogen) atoms. The lowest BCUT2D eigenvalue weighted by atomic mass is 10.1. The predicted octanol–water partition coefficient (Wildman–Crippen LogP) is 0.845. The summed E-state index contributed by atoms with van der Waals surface area (Å²) in [6.07, 6.45) is 2.95. The third-order valence-electron chi connectivity index (χ3n) is 5.04. The monoisotopic (exact) mass is 351 g/mol. The fourth-order valence-electron chi connectivity index (χ4n) is 3.40. The molecule has 2 aromatic heterocycles. The van der Waals surface area contributed by atoms with Crippen LogP contribution >= 0.6 is 11.3 Å². The predicted molar refractivity (Wildman–Crippen MR) is 89.1 cm³/mol. The molecule has 3 heterocycles. The molecule has 2 aromatic rings. The van der Waals surface area contributed by atoms with E-state index in [1.807, 2.05) is 4.90 Å². The first-order chi connectivity index (χ1) is 11.5. The fraction of sp³-hybridized carbons (Fsp3) is 0.600. The summed E-state index contributed by atoms with van der Waals surface area (Å²) < 4.78 is 14.8. The van der Waals surface area contributed by atoms with Gasteiger partial charge in [-0.2, -0.15) is 0 Å². The molecule has 0 bridgehead atoms. The number of nitrogens with zero attached hydrogens (tertiary/aromatic N) is 4. The molecule has 2 fully saturated rings. The van der Waals surface area contributed by atoms with Crippen molar-refractivity contribution in [2.24, 2.45) is 12.8 Å². The number of amides is 1. The number of hydrogen-bond donors (Lipinski definition) is 1. The highest BCUT2D eigenvalue weighted by Gasteiger charge is 2.48. The SMILES string of the molecule is Cn1c(C2(CF)CC2)nc2sc(N3CCCC3C(N)=O)nc2c1=O. The van der Waals surface area contributed by atoms with Crippen molar-refractivity contribution in [2.45, 2.75) is 37.1 Å². The van der Waals surface area contributed by atoms with E-state index in [4.69, 9.17) is 5.73 Å². The van der Waals surface area contributed by atoms with Gasteiger partial charge in [0, 0.05) is 13.6 Å². The van der Waals surface area contributed by atoms with E-state index in [9.17, 15) is 14.0 Å². The van der Waals surface area contributed by atoms with E-state index in [1.165, 1.54) is 15.9 Å². The summed E-state index contributed by atoms with van der Waals surface area (Å²) >= 11 is 1.27. The van der Waals surface area contributed by atoms with Crippen molar-refractivity contribution in [1.29, 1.82) is 0 Å². The molecular formula is C15H18FN5O2S. The van der Waals surface area contributed by atoms with Crippen LogP contribution in [0.2, 0.25) is 0 Å². The zero-order valence-electron chi connectivity index (χ0n) is 13.3. The Labute approximate surface area is 141 Å². The average molecular weight is 351 g/mol. The molecule has 1 aliphatic carbocycles. The van der Waals surface area contributed by atoms with Crippen LogP contribution in [0.3, 0.4) is 0 Å². The van der Waals surface area contributed by atoms with Crippen LogP contribution in [0, 0.1) is 0 Å². The van der Waals surface area contributed by atoms with E-state index in [1.54, 1.807) is 7.05 Å². The number of carbonyl (C=O) groups is 1. The number of aromatic nitrogens is 3. The van der Waals surface area contributed by atoms with Crippen LogP contribution in [0.1, 0.15) is 31.5 Å². The van der Waals surface area contributed by atoms with Crippen LogP contribution in [-0.2, 0) is 17.3 Å². The highest BCUT2D eigenvalue weighted by Crippen LogP contribution is 2.47. The quantitative estimate of drug-likeness (QED) is 0.881. The Balaban J connectivity index is 1.83. The maximum atomic E-state index is 13.4. The molecule has 4 rings (SSSR count). The molecule has 7 nitrogen and oxygen atoms in total. The third kappa shape index (κ3) is 2.14. The van der Waals surface area contributed by atoms with Crippen LogP contribution in [0.25, 0.3) is 10.3 Å². The van der Waals surface area contributed by atoms with Crippen LogP contribution < -0.4 is 16.2 Å². The van der Waals surface area contributed by atoms with Crippen molar-refractivity contribution >= 4 is 32.7 Å². The van der Waals surface area contributed by atoms with E-state index in [0.29, 0.717) is 41.6 Å². The molecule has 2 N–H and O–H groups in total. The van der Waals surface area contributed by atoms with Gasteiger partial charge in [-0.25, -0.2) is 14.4 Å². The lowest BCUT2D eigenvalue weighted by molar-refractivity contribution is -0.119. The van der Waals surface area contributed by atoms with E-state index in [2.05, 4.69) is 9.97 Å². The minimum absolute atomic E-state index is 0.269. The minimum Gasteiger partial charge on any atom is -0.368 e. The van der Waals surface area contributed by atoms with E-state index < -0.39 is 18.1 Å². The number of primary amides is 1. The van der Waals surface area contributed by atoms with Gasteiger partial charge in [-0.3, -0.25) is 14.2 Å². The Morgan fingerprint density at radius 1 is 1.46 bits per heavy atom. The largest absolute Gasteiger partial charge is 0.368 e. The normalized spacial score (nSPS) is 22.2. The van der Waals surface area contributed by atoms with Gasteiger partial charge >= 0.3 is 0 Å².